The predicted octanol–water partition coefficient (Wildman–Crippen LogP) is 2.15. The molecule has 2 fully saturated rings. The van der Waals surface area contributed by atoms with Crippen molar-refractivity contribution < 1.29 is 9.90 Å². The van der Waals surface area contributed by atoms with E-state index in [9.17, 15) is 9.59 Å². The Morgan fingerprint density at radius 1 is 1.24 bits per heavy atom. The van der Waals surface area contributed by atoms with Crippen LogP contribution in [0.5, 0.6) is 0 Å². The first-order chi connectivity index (χ1) is 8.18. The first-order valence-corrected chi connectivity index (χ1v) is 6.17. The van der Waals surface area contributed by atoms with Gasteiger partial charge in [0.1, 0.15) is 5.56 Å². The molecule has 0 bridgehead atoms. The maximum Gasteiger partial charge on any atom is 0.341 e. The van der Waals surface area contributed by atoms with Crippen molar-refractivity contribution in [3.05, 3.63) is 33.7 Å². The second-order valence-electron chi connectivity index (χ2n) is 5.01. The molecule has 0 unspecified atom stereocenters. The summed E-state index contributed by atoms with van der Waals surface area (Å²) >= 11 is 0. The molecule has 1 N–H and O–H groups in total. The number of aromatic nitrogens is 1. The minimum Gasteiger partial charge on any atom is -0.477 e. The third kappa shape index (κ3) is 1.68. The van der Waals surface area contributed by atoms with Crippen molar-refractivity contribution in [3.63, 3.8) is 0 Å². The van der Waals surface area contributed by atoms with E-state index in [4.69, 9.17) is 5.11 Å². The Bertz CT molecular complexity index is 524. The van der Waals surface area contributed by atoms with E-state index < -0.39 is 5.97 Å². The maximum absolute atomic E-state index is 12.1. The smallest absolute Gasteiger partial charge is 0.341 e. The van der Waals surface area contributed by atoms with Gasteiger partial charge in [0.15, 0.2) is 0 Å². The Labute approximate surface area is 98.9 Å². The lowest BCUT2D eigenvalue weighted by molar-refractivity contribution is 0.0694. The van der Waals surface area contributed by atoms with Crippen molar-refractivity contribution in [2.45, 2.75) is 44.1 Å². The largest absolute Gasteiger partial charge is 0.477 e. The summed E-state index contributed by atoms with van der Waals surface area (Å²) in [5.41, 5.74) is 0.637. The fraction of sp³-hybridized carbons (Fsp3) is 0.538. The van der Waals surface area contributed by atoms with Crippen LogP contribution < -0.4 is 5.56 Å². The van der Waals surface area contributed by atoms with Crippen molar-refractivity contribution in [1.82, 2.24) is 4.57 Å². The zero-order valence-electron chi connectivity index (χ0n) is 9.56. The molecule has 1 aromatic rings. The molecule has 0 radical (unpaired) electrons. The SMILES string of the molecule is O=C(O)c1ccc(C2CCC2)n(C2CC2)c1=O. The zero-order valence-corrected chi connectivity index (χ0v) is 9.56. The highest BCUT2D eigenvalue weighted by molar-refractivity contribution is 5.87. The van der Waals surface area contributed by atoms with E-state index >= 15 is 0 Å². The number of carboxylic acid groups (broad SMARTS) is 1. The molecular formula is C13H15NO3. The highest BCUT2D eigenvalue weighted by Crippen LogP contribution is 2.41. The molecule has 1 aromatic heterocycles. The van der Waals surface area contributed by atoms with Crippen LogP contribution in [0.25, 0.3) is 0 Å². The average molecular weight is 233 g/mol. The van der Waals surface area contributed by atoms with E-state index in [1.165, 1.54) is 12.5 Å². The first-order valence-electron chi connectivity index (χ1n) is 6.17. The van der Waals surface area contributed by atoms with E-state index in [1.807, 2.05) is 6.07 Å². The average Bonchev–Trinajstić information content (AvgIpc) is 2.98. The topological polar surface area (TPSA) is 59.3 Å². The van der Waals surface area contributed by atoms with Crippen molar-refractivity contribution in [1.29, 1.82) is 0 Å². The van der Waals surface area contributed by atoms with Gasteiger partial charge in [-0.25, -0.2) is 4.79 Å². The molecular weight excluding hydrogens is 218 g/mol. The van der Waals surface area contributed by atoms with Crippen molar-refractivity contribution in [2.75, 3.05) is 0 Å². The number of carboxylic acids is 1. The third-order valence-corrected chi connectivity index (χ3v) is 3.81. The summed E-state index contributed by atoms with van der Waals surface area (Å²) in [5.74, 6) is -0.657. The van der Waals surface area contributed by atoms with Crippen LogP contribution in [0.1, 0.15) is 60.1 Å². The van der Waals surface area contributed by atoms with Crippen LogP contribution in [0.2, 0.25) is 0 Å². The van der Waals surface area contributed by atoms with Crippen LogP contribution in [0.4, 0.5) is 0 Å². The van der Waals surface area contributed by atoms with E-state index in [1.54, 1.807) is 4.57 Å². The van der Waals surface area contributed by atoms with Gasteiger partial charge in [0.05, 0.1) is 0 Å². The molecule has 90 valence electrons. The molecule has 4 heteroatoms. The molecule has 0 atom stereocenters. The van der Waals surface area contributed by atoms with Crippen LogP contribution in [0, 0.1) is 0 Å². The normalized spacial score (nSPS) is 20.0. The molecule has 0 aromatic carbocycles. The highest BCUT2D eigenvalue weighted by Gasteiger charge is 2.32. The molecule has 0 spiro atoms. The fourth-order valence-electron chi connectivity index (χ4n) is 2.48. The summed E-state index contributed by atoms with van der Waals surface area (Å²) in [7, 11) is 0. The molecule has 2 aliphatic rings. The molecule has 2 aliphatic carbocycles. The Morgan fingerprint density at radius 2 is 1.94 bits per heavy atom. The molecule has 1 heterocycles. The predicted molar refractivity (Wildman–Crippen MR) is 62.5 cm³/mol. The minimum absolute atomic E-state index is 0.0972. The number of pyridine rings is 1. The quantitative estimate of drug-likeness (QED) is 0.870. The van der Waals surface area contributed by atoms with Gasteiger partial charge in [0.25, 0.3) is 5.56 Å². The van der Waals surface area contributed by atoms with E-state index in [0.29, 0.717) is 5.92 Å². The van der Waals surface area contributed by atoms with Crippen LogP contribution in [0.15, 0.2) is 16.9 Å². The van der Waals surface area contributed by atoms with Gasteiger partial charge in [-0.2, -0.15) is 0 Å². The van der Waals surface area contributed by atoms with Crippen LogP contribution in [-0.4, -0.2) is 15.6 Å². The number of hydrogen-bond acceptors (Lipinski definition) is 2. The molecule has 17 heavy (non-hydrogen) atoms. The summed E-state index contributed by atoms with van der Waals surface area (Å²) in [6, 6.07) is 3.56. The summed E-state index contributed by atoms with van der Waals surface area (Å²) in [6.45, 7) is 0. The fourth-order valence-corrected chi connectivity index (χ4v) is 2.48. The summed E-state index contributed by atoms with van der Waals surface area (Å²) in [6.07, 6.45) is 5.47. The van der Waals surface area contributed by atoms with Crippen LogP contribution >= 0.6 is 0 Å². The number of rotatable bonds is 3. The monoisotopic (exact) mass is 233 g/mol. The van der Waals surface area contributed by atoms with Gasteiger partial charge in [0, 0.05) is 11.7 Å². The van der Waals surface area contributed by atoms with Crippen LogP contribution in [-0.2, 0) is 0 Å². The van der Waals surface area contributed by atoms with Gasteiger partial charge in [-0.05, 0) is 43.7 Å². The van der Waals surface area contributed by atoms with E-state index in [-0.39, 0.29) is 17.2 Å². The van der Waals surface area contributed by atoms with E-state index in [0.717, 1.165) is 31.4 Å². The first kappa shape index (κ1) is 10.6. The molecule has 0 amide bonds. The lowest BCUT2D eigenvalue weighted by Crippen LogP contribution is -2.30. The number of carbonyl (C=O) groups is 1. The second-order valence-corrected chi connectivity index (χ2v) is 5.01. The van der Waals surface area contributed by atoms with E-state index in [2.05, 4.69) is 0 Å². The van der Waals surface area contributed by atoms with Crippen molar-refractivity contribution >= 4 is 5.97 Å². The van der Waals surface area contributed by atoms with Gasteiger partial charge in [0.2, 0.25) is 0 Å². The highest BCUT2D eigenvalue weighted by atomic mass is 16.4. The lowest BCUT2D eigenvalue weighted by Gasteiger charge is -2.28. The Kier molecular flexibility index (Phi) is 2.31. The summed E-state index contributed by atoms with van der Waals surface area (Å²) in [5, 5.41) is 8.98. The zero-order chi connectivity index (χ0) is 12.0. The van der Waals surface area contributed by atoms with Gasteiger partial charge < -0.3 is 9.67 Å². The second kappa shape index (κ2) is 3.72. The van der Waals surface area contributed by atoms with Gasteiger partial charge >= 0.3 is 5.97 Å². The molecule has 4 nitrogen and oxygen atoms in total. The maximum atomic E-state index is 12.1. The van der Waals surface area contributed by atoms with Gasteiger partial charge in [-0.15, -0.1) is 0 Å². The third-order valence-electron chi connectivity index (χ3n) is 3.81. The van der Waals surface area contributed by atoms with Crippen molar-refractivity contribution in [2.24, 2.45) is 0 Å². The Morgan fingerprint density at radius 3 is 2.41 bits per heavy atom. The Hall–Kier alpha value is -1.58. The number of aromatic carboxylic acids is 1. The number of hydrogen-bond donors (Lipinski definition) is 1. The van der Waals surface area contributed by atoms with Crippen molar-refractivity contribution in [3.8, 4) is 0 Å². The lowest BCUT2D eigenvalue weighted by atomic mass is 9.82. The Balaban J connectivity index is 2.13. The minimum atomic E-state index is -1.12. The summed E-state index contributed by atoms with van der Waals surface area (Å²) in [4.78, 5) is 23.1. The van der Waals surface area contributed by atoms with Crippen LogP contribution in [0.3, 0.4) is 0 Å². The molecule has 2 saturated carbocycles. The summed E-state index contributed by atoms with van der Waals surface area (Å²) < 4.78 is 1.74. The molecule has 0 saturated heterocycles. The molecule has 0 aliphatic heterocycles. The van der Waals surface area contributed by atoms with Gasteiger partial charge in [-0.1, -0.05) is 6.42 Å². The standard InChI is InChI=1S/C13H15NO3/c15-12-10(13(16)17)6-7-11(8-2-1-3-8)14(12)9-4-5-9/h6-9H,1-5H2,(H,16,17). The number of nitrogens with zero attached hydrogens (tertiary/aromatic N) is 1. The molecule has 3 rings (SSSR count). The van der Waals surface area contributed by atoms with Gasteiger partial charge in [-0.3, -0.25) is 4.79 Å².